The Morgan fingerprint density at radius 1 is 1.32 bits per heavy atom. The summed E-state index contributed by atoms with van der Waals surface area (Å²) in [6.45, 7) is 2.64. The smallest absolute Gasteiger partial charge is 0.305 e. The minimum Gasteiger partial charge on any atom is -0.481 e. The van der Waals surface area contributed by atoms with E-state index in [4.69, 9.17) is 5.11 Å². The molecule has 1 aromatic carbocycles. The summed E-state index contributed by atoms with van der Waals surface area (Å²) in [6.07, 6.45) is 1.99. The van der Waals surface area contributed by atoms with Crippen LogP contribution in [0.3, 0.4) is 0 Å². The van der Waals surface area contributed by atoms with Crippen molar-refractivity contribution in [1.82, 2.24) is 10.2 Å². The van der Waals surface area contributed by atoms with Crippen molar-refractivity contribution < 1.29 is 9.90 Å². The van der Waals surface area contributed by atoms with Crippen LogP contribution in [0.5, 0.6) is 0 Å². The van der Waals surface area contributed by atoms with E-state index < -0.39 is 5.97 Å². The van der Waals surface area contributed by atoms with Gasteiger partial charge in [-0.05, 0) is 38.5 Å². The van der Waals surface area contributed by atoms with Gasteiger partial charge in [0.2, 0.25) is 0 Å². The Hall–Kier alpha value is -1.39. The van der Waals surface area contributed by atoms with Gasteiger partial charge in [-0.3, -0.25) is 4.79 Å². The molecule has 1 saturated heterocycles. The van der Waals surface area contributed by atoms with Crippen LogP contribution in [-0.4, -0.2) is 41.7 Å². The van der Waals surface area contributed by atoms with Crippen molar-refractivity contribution in [3.63, 3.8) is 0 Å². The van der Waals surface area contributed by atoms with Gasteiger partial charge >= 0.3 is 5.97 Å². The fourth-order valence-electron chi connectivity index (χ4n) is 2.64. The van der Waals surface area contributed by atoms with Gasteiger partial charge in [0.25, 0.3) is 0 Å². The Kier molecular flexibility index (Phi) is 4.56. The number of piperidine rings is 1. The van der Waals surface area contributed by atoms with E-state index in [1.165, 1.54) is 5.56 Å². The summed E-state index contributed by atoms with van der Waals surface area (Å²) in [4.78, 5) is 13.4. The molecule has 4 nitrogen and oxygen atoms in total. The third-order valence-electron chi connectivity index (χ3n) is 3.94. The van der Waals surface area contributed by atoms with Gasteiger partial charge in [0.05, 0.1) is 6.42 Å². The average Bonchev–Trinajstić information content (AvgIpc) is 2.41. The fourth-order valence-corrected chi connectivity index (χ4v) is 2.64. The summed E-state index contributed by atoms with van der Waals surface area (Å²) in [6, 6.07) is 10.1. The third-order valence-corrected chi connectivity index (χ3v) is 3.94. The molecule has 0 aromatic heterocycles. The molecule has 0 bridgehead atoms. The second-order valence-electron chi connectivity index (χ2n) is 5.49. The van der Waals surface area contributed by atoms with E-state index in [0.29, 0.717) is 0 Å². The Morgan fingerprint density at radius 3 is 2.53 bits per heavy atom. The molecule has 104 valence electrons. The van der Waals surface area contributed by atoms with Crippen LogP contribution >= 0.6 is 0 Å². The number of carboxylic acid groups (broad SMARTS) is 1. The van der Waals surface area contributed by atoms with Gasteiger partial charge in [-0.25, -0.2) is 0 Å². The highest BCUT2D eigenvalue weighted by atomic mass is 16.4. The van der Waals surface area contributed by atoms with Gasteiger partial charge in [0, 0.05) is 12.1 Å². The van der Waals surface area contributed by atoms with Crippen LogP contribution in [0.25, 0.3) is 0 Å². The molecule has 0 aliphatic carbocycles. The first-order chi connectivity index (χ1) is 9.10. The average molecular weight is 262 g/mol. The zero-order valence-corrected chi connectivity index (χ0v) is 11.4. The van der Waals surface area contributed by atoms with Gasteiger partial charge in [-0.1, -0.05) is 30.3 Å². The molecule has 4 heteroatoms. The second kappa shape index (κ2) is 6.17. The monoisotopic (exact) mass is 262 g/mol. The van der Waals surface area contributed by atoms with Crippen LogP contribution in [-0.2, 0) is 11.3 Å². The van der Waals surface area contributed by atoms with Crippen molar-refractivity contribution in [2.75, 3.05) is 20.1 Å². The van der Waals surface area contributed by atoms with Gasteiger partial charge in [-0.15, -0.1) is 0 Å². The lowest BCUT2D eigenvalue weighted by molar-refractivity contribution is -0.139. The Bertz CT molecular complexity index is 411. The fraction of sp³-hybridized carbons (Fsp3) is 0.533. The molecule has 1 aliphatic heterocycles. The van der Waals surface area contributed by atoms with E-state index in [-0.39, 0.29) is 12.0 Å². The van der Waals surface area contributed by atoms with Gasteiger partial charge in [0.1, 0.15) is 0 Å². The molecule has 0 atom stereocenters. The van der Waals surface area contributed by atoms with E-state index in [1.54, 1.807) is 0 Å². The van der Waals surface area contributed by atoms with Crippen LogP contribution in [0.1, 0.15) is 24.8 Å². The Morgan fingerprint density at radius 2 is 1.95 bits per heavy atom. The number of benzene rings is 1. The zero-order chi connectivity index (χ0) is 13.7. The number of hydrogen-bond acceptors (Lipinski definition) is 3. The molecule has 1 heterocycles. The predicted octanol–water partition coefficient (Wildman–Crippen LogP) is 1.72. The summed E-state index contributed by atoms with van der Waals surface area (Å²) >= 11 is 0. The summed E-state index contributed by atoms with van der Waals surface area (Å²) in [5.74, 6) is -0.717. The first-order valence-corrected chi connectivity index (χ1v) is 6.79. The lowest BCUT2D eigenvalue weighted by Gasteiger charge is -2.40. The first kappa shape index (κ1) is 14.0. The van der Waals surface area contributed by atoms with E-state index in [0.717, 1.165) is 32.5 Å². The van der Waals surface area contributed by atoms with Gasteiger partial charge in [-0.2, -0.15) is 0 Å². The molecule has 0 radical (unpaired) electrons. The van der Waals surface area contributed by atoms with Gasteiger partial charge < -0.3 is 15.3 Å². The van der Waals surface area contributed by atoms with Crippen LogP contribution in [0.15, 0.2) is 30.3 Å². The van der Waals surface area contributed by atoms with Crippen molar-refractivity contribution in [3.05, 3.63) is 35.9 Å². The van der Waals surface area contributed by atoms with E-state index in [9.17, 15) is 4.79 Å². The number of rotatable bonds is 5. The highest BCUT2D eigenvalue weighted by Gasteiger charge is 2.35. The summed E-state index contributed by atoms with van der Waals surface area (Å²) < 4.78 is 0. The van der Waals surface area contributed by atoms with Crippen molar-refractivity contribution in [2.24, 2.45) is 0 Å². The van der Waals surface area contributed by atoms with Gasteiger partial charge in [0.15, 0.2) is 0 Å². The Labute approximate surface area is 114 Å². The van der Waals surface area contributed by atoms with E-state index >= 15 is 0 Å². The maximum Gasteiger partial charge on any atom is 0.305 e. The number of nitrogens with one attached hydrogen (secondary N) is 1. The molecule has 1 fully saturated rings. The molecule has 0 unspecified atom stereocenters. The largest absolute Gasteiger partial charge is 0.481 e. The molecule has 2 rings (SSSR count). The van der Waals surface area contributed by atoms with Crippen molar-refractivity contribution in [2.45, 2.75) is 31.3 Å². The van der Waals surface area contributed by atoms with Crippen molar-refractivity contribution >= 4 is 5.97 Å². The topological polar surface area (TPSA) is 52.6 Å². The molecule has 2 N–H and O–H groups in total. The van der Waals surface area contributed by atoms with E-state index in [2.05, 4.69) is 29.4 Å². The lowest BCUT2D eigenvalue weighted by atomic mass is 9.84. The van der Waals surface area contributed by atoms with Crippen LogP contribution in [0.2, 0.25) is 0 Å². The molecule has 0 spiro atoms. The minimum atomic E-state index is -0.717. The number of nitrogens with zero attached hydrogens (tertiary/aromatic N) is 1. The van der Waals surface area contributed by atoms with Crippen LogP contribution in [0.4, 0.5) is 0 Å². The SMILES string of the molecule is CN1CCC(CC(=O)O)(NCc2ccccc2)CC1. The number of hydrogen-bond donors (Lipinski definition) is 2. The quantitative estimate of drug-likeness (QED) is 0.848. The van der Waals surface area contributed by atoms with E-state index in [1.807, 2.05) is 18.2 Å². The highest BCUT2D eigenvalue weighted by molar-refractivity contribution is 5.68. The Balaban J connectivity index is 2.00. The standard InChI is InChI=1S/C15H22N2O2/c1-17-9-7-15(8-10-17,11-14(18)19)16-12-13-5-3-2-4-6-13/h2-6,16H,7-12H2,1H3,(H,18,19). The normalized spacial score (nSPS) is 19.2. The number of likely N-dealkylation sites (tertiary alicyclic amines) is 1. The highest BCUT2D eigenvalue weighted by Crippen LogP contribution is 2.25. The maximum atomic E-state index is 11.1. The molecule has 19 heavy (non-hydrogen) atoms. The first-order valence-electron chi connectivity index (χ1n) is 6.79. The van der Waals surface area contributed by atoms with Crippen molar-refractivity contribution in [1.29, 1.82) is 0 Å². The van der Waals surface area contributed by atoms with Crippen LogP contribution < -0.4 is 5.32 Å². The predicted molar refractivity (Wildman–Crippen MR) is 75.0 cm³/mol. The molecule has 1 aliphatic rings. The third kappa shape index (κ3) is 4.04. The molecule has 0 saturated carbocycles. The second-order valence-corrected chi connectivity index (χ2v) is 5.49. The van der Waals surface area contributed by atoms with Crippen LogP contribution in [0, 0.1) is 0 Å². The molecule has 0 amide bonds. The number of carboxylic acids is 1. The minimum absolute atomic E-state index is 0.202. The summed E-state index contributed by atoms with van der Waals surface area (Å²) in [5.41, 5.74) is 0.944. The van der Waals surface area contributed by atoms with Crippen molar-refractivity contribution in [3.8, 4) is 0 Å². The number of aliphatic carboxylic acids is 1. The number of carbonyl (C=O) groups is 1. The summed E-state index contributed by atoms with van der Waals surface area (Å²) in [5, 5.41) is 12.6. The maximum absolute atomic E-state index is 11.1. The molecular formula is C15H22N2O2. The molecular weight excluding hydrogens is 240 g/mol. The molecule has 1 aromatic rings. The lowest BCUT2D eigenvalue weighted by Crippen LogP contribution is -2.53. The zero-order valence-electron chi connectivity index (χ0n) is 11.4. The summed E-state index contributed by atoms with van der Waals surface area (Å²) in [7, 11) is 2.09.